The van der Waals surface area contributed by atoms with Crippen molar-refractivity contribution in [2.24, 2.45) is 0 Å². The summed E-state index contributed by atoms with van der Waals surface area (Å²) in [6, 6.07) is 11.0. The maximum absolute atomic E-state index is 12.1. The highest BCUT2D eigenvalue weighted by Gasteiger charge is 2.15. The van der Waals surface area contributed by atoms with Crippen LogP contribution in [0.5, 0.6) is 17.2 Å². The van der Waals surface area contributed by atoms with E-state index >= 15 is 0 Å². The smallest absolute Gasteiger partial charge is 0.262 e. The number of hydrogen-bond acceptors (Lipinski definition) is 4. The summed E-state index contributed by atoms with van der Waals surface area (Å²) in [4.78, 5) is 12.1. The third-order valence-electron chi connectivity index (χ3n) is 3.61. The lowest BCUT2D eigenvalue weighted by atomic mass is 10.0. The minimum atomic E-state index is -0.230. The summed E-state index contributed by atoms with van der Waals surface area (Å²) in [6.45, 7) is 4.32. The molecule has 24 heavy (non-hydrogen) atoms. The Bertz CT molecular complexity index is 761. The zero-order chi connectivity index (χ0) is 17.1. The quantitative estimate of drug-likeness (QED) is 0.824. The standard InChI is InChI=1S/C18H18BrNO4/c1-11(2)14-7-12(19)3-5-15(14)22-9-18(21)20-13-4-6-16-17(8-13)24-10-23-16/h3-8,11H,9-10H2,1-2H3,(H,20,21). The SMILES string of the molecule is CC(C)c1cc(Br)ccc1OCC(=O)Nc1ccc2c(c1)OCO2. The first-order chi connectivity index (χ1) is 11.5. The van der Waals surface area contributed by atoms with Crippen LogP contribution in [0.4, 0.5) is 5.69 Å². The summed E-state index contributed by atoms with van der Waals surface area (Å²) in [6.07, 6.45) is 0. The van der Waals surface area contributed by atoms with E-state index < -0.39 is 0 Å². The van der Waals surface area contributed by atoms with Crippen molar-refractivity contribution < 1.29 is 19.0 Å². The van der Waals surface area contributed by atoms with E-state index in [1.807, 2.05) is 18.2 Å². The maximum Gasteiger partial charge on any atom is 0.262 e. The van der Waals surface area contributed by atoms with Gasteiger partial charge < -0.3 is 19.5 Å². The summed E-state index contributed by atoms with van der Waals surface area (Å²) in [5, 5.41) is 2.79. The number of nitrogens with one attached hydrogen (secondary N) is 1. The largest absolute Gasteiger partial charge is 0.483 e. The average molecular weight is 392 g/mol. The van der Waals surface area contributed by atoms with Gasteiger partial charge in [0.15, 0.2) is 18.1 Å². The molecule has 126 valence electrons. The topological polar surface area (TPSA) is 56.8 Å². The Morgan fingerprint density at radius 3 is 2.79 bits per heavy atom. The number of ether oxygens (including phenoxy) is 3. The molecule has 0 spiro atoms. The fourth-order valence-electron chi connectivity index (χ4n) is 2.42. The summed E-state index contributed by atoms with van der Waals surface area (Å²) < 4.78 is 17.2. The third kappa shape index (κ3) is 3.82. The van der Waals surface area contributed by atoms with E-state index in [-0.39, 0.29) is 19.3 Å². The van der Waals surface area contributed by atoms with E-state index in [1.165, 1.54) is 0 Å². The maximum atomic E-state index is 12.1. The van der Waals surface area contributed by atoms with Crippen molar-refractivity contribution in [2.75, 3.05) is 18.7 Å². The lowest BCUT2D eigenvalue weighted by molar-refractivity contribution is -0.118. The van der Waals surface area contributed by atoms with Crippen LogP contribution in [-0.4, -0.2) is 19.3 Å². The van der Waals surface area contributed by atoms with Crippen LogP contribution in [0.3, 0.4) is 0 Å². The molecule has 0 fully saturated rings. The van der Waals surface area contributed by atoms with Gasteiger partial charge in [0, 0.05) is 16.2 Å². The van der Waals surface area contributed by atoms with E-state index in [0.29, 0.717) is 28.9 Å². The summed E-state index contributed by atoms with van der Waals surface area (Å²) >= 11 is 3.46. The van der Waals surface area contributed by atoms with Gasteiger partial charge in [0.2, 0.25) is 6.79 Å². The van der Waals surface area contributed by atoms with Crippen molar-refractivity contribution in [3.63, 3.8) is 0 Å². The van der Waals surface area contributed by atoms with Gasteiger partial charge in [-0.2, -0.15) is 0 Å². The summed E-state index contributed by atoms with van der Waals surface area (Å²) in [7, 11) is 0. The fraction of sp³-hybridized carbons (Fsp3) is 0.278. The van der Waals surface area contributed by atoms with Gasteiger partial charge in [0.05, 0.1) is 0 Å². The van der Waals surface area contributed by atoms with Gasteiger partial charge in [-0.15, -0.1) is 0 Å². The number of fused-ring (bicyclic) bond motifs is 1. The molecule has 0 bridgehead atoms. The van der Waals surface area contributed by atoms with Crippen molar-refractivity contribution in [1.29, 1.82) is 0 Å². The Labute approximate surface area is 149 Å². The minimum Gasteiger partial charge on any atom is -0.483 e. The number of amides is 1. The molecule has 0 aromatic heterocycles. The van der Waals surface area contributed by atoms with Crippen molar-refractivity contribution in [2.45, 2.75) is 19.8 Å². The molecule has 0 saturated carbocycles. The van der Waals surface area contributed by atoms with E-state index in [9.17, 15) is 4.79 Å². The molecule has 1 aliphatic heterocycles. The predicted octanol–water partition coefficient (Wildman–Crippen LogP) is 4.32. The molecule has 5 nitrogen and oxygen atoms in total. The van der Waals surface area contributed by atoms with Crippen molar-refractivity contribution in [3.05, 3.63) is 46.4 Å². The molecule has 0 radical (unpaired) electrons. The number of halogens is 1. The monoisotopic (exact) mass is 391 g/mol. The van der Waals surface area contributed by atoms with E-state index in [4.69, 9.17) is 14.2 Å². The Hall–Kier alpha value is -2.21. The van der Waals surface area contributed by atoms with E-state index in [1.54, 1.807) is 18.2 Å². The van der Waals surface area contributed by atoms with Gasteiger partial charge in [-0.05, 0) is 41.8 Å². The number of hydrogen-bond donors (Lipinski definition) is 1. The molecule has 1 aliphatic rings. The molecule has 1 heterocycles. The molecule has 0 atom stereocenters. The average Bonchev–Trinajstić information content (AvgIpc) is 3.01. The normalized spacial score (nSPS) is 12.3. The summed E-state index contributed by atoms with van der Waals surface area (Å²) in [5.74, 6) is 2.10. The molecule has 1 amide bonds. The van der Waals surface area contributed by atoms with Crippen LogP contribution in [0, 0.1) is 0 Å². The van der Waals surface area contributed by atoms with E-state index in [0.717, 1.165) is 10.0 Å². The first-order valence-electron chi connectivity index (χ1n) is 7.64. The van der Waals surface area contributed by atoms with Crippen LogP contribution < -0.4 is 19.5 Å². The molecule has 0 saturated heterocycles. The highest BCUT2D eigenvalue weighted by molar-refractivity contribution is 9.10. The Morgan fingerprint density at radius 2 is 2.00 bits per heavy atom. The molecule has 6 heteroatoms. The molecule has 0 unspecified atom stereocenters. The number of carbonyl (C=O) groups is 1. The number of rotatable bonds is 5. The predicted molar refractivity (Wildman–Crippen MR) is 94.9 cm³/mol. The van der Waals surface area contributed by atoms with Crippen LogP contribution in [0.2, 0.25) is 0 Å². The molecule has 1 N–H and O–H groups in total. The Balaban J connectivity index is 1.62. The van der Waals surface area contributed by atoms with Gasteiger partial charge in [-0.3, -0.25) is 4.79 Å². The highest BCUT2D eigenvalue weighted by atomic mass is 79.9. The number of carbonyl (C=O) groups excluding carboxylic acids is 1. The molecular formula is C18H18BrNO4. The Kier molecular flexibility index (Phi) is 4.94. The lowest BCUT2D eigenvalue weighted by Gasteiger charge is -2.14. The van der Waals surface area contributed by atoms with Crippen molar-refractivity contribution >= 4 is 27.5 Å². The zero-order valence-electron chi connectivity index (χ0n) is 13.5. The Morgan fingerprint density at radius 1 is 1.21 bits per heavy atom. The van der Waals surface area contributed by atoms with Crippen LogP contribution in [-0.2, 0) is 4.79 Å². The molecule has 0 aliphatic carbocycles. The second-order valence-corrected chi connectivity index (χ2v) is 6.66. The first-order valence-corrected chi connectivity index (χ1v) is 8.44. The second-order valence-electron chi connectivity index (χ2n) is 5.74. The zero-order valence-corrected chi connectivity index (χ0v) is 15.1. The van der Waals surface area contributed by atoms with Crippen LogP contribution in [0.1, 0.15) is 25.3 Å². The number of anilines is 1. The molecule has 2 aromatic carbocycles. The van der Waals surface area contributed by atoms with Gasteiger partial charge in [-0.1, -0.05) is 29.8 Å². The van der Waals surface area contributed by atoms with Crippen molar-refractivity contribution in [1.82, 2.24) is 0 Å². The third-order valence-corrected chi connectivity index (χ3v) is 4.10. The minimum absolute atomic E-state index is 0.0597. The van der Waals surface area contributed by atoms with Crippen LogP contribution >= 0.6 is 15.9 Å². The van der Waals surface area contributed by atoms with Crippen molar-refractivity contribution in [3.8, 4) is 17.2 Å². The van der Waals surface area contributed by atoms with Gasteiger partial charge in [-0.25, -0.2) is 0 Å². The van der Waals surface area contributed by atoms with Crippen LogP contribution in [0.25, 0.3) is 0 Å². The van der Waals surface area contributed by atoms with Gasteiger partial charge >= 0.3 is 0 Å². The molecular weight excluding hydrogens is 374 g/mol. The van der Waals surface area contributed by atoms with Crippen LogP contribution in [0.15, 0.2) is 40.9 Å². The molecule has 3 rings (SSSR count). The van der Waals surface area contributed by atoms with Gasteiger partial charge in [0.25, 0.3) is 5.91 Å². The number of benzene rings is 2. The van der Waals surface area contributed by atoms with E-state index in [2.05, 4.69) is 35.1 Å². The lowest BCUT2D eigenvalue weighted by Crippen LogP contribution is -2.20. The first kappa shape index (κ1) is 16.6. The molecule has 2 aromatic rings. The fourth-order valence-corrected chi connectivity index (χ4v) is 2.80. The van der Waals surface area contributed by atoms with Gasteiger partial charge in [0.1, 0.15) is 5.75 Å². The second kappa shape index (κ2) is 7.13. The summed E-state index contributed by atoms with van der Waals surface area (Å²) in [5.41, 5.74) is 1.70. The highest BCUT2D eigenvalue weighted by Crippen LogP contribution is 2.34.